The molecule has 52 valence electrons. The van der Waals surface area contributed by atoms with Crippen LogP contribution in [0.25, 0.3) is 0 Å². The van der Waals surface area contributed by atoms with Crippen LogP contribution in [0.4, 0.5) is 0 Å². The third-order valence-corrected chi connectivity index (χ3v) is 0. The Morgan fingerprint density at radius 2 is 0.385 bits per heavy atom. The van der Waals surface area contributed by atoms with Crippen LogP contribution in [0.15, 0.2) is 0 Å². The van der Waals surface area contributed by atoms with Gasteiger partial charge in [0.1, 0.15) is 0 Å². The quantitative estimate of drug-likeness (QED) is 0.288. The van der Waals surface area contributed by atoms with E-state index in [0.29, 0.717) is 0 Å². The van der Waals surface area contributed by atoms with Crippen molar-refractivity contribution >= 4 is 0 Å². The van der Waals surface area contributed by atoms with Crippen LogP contribution >= 0.6 is 0 Å². The van der Waals surface area contributed by atoms with Gasteiger partial charge in [-0.25, -0.2) is 0 Å². The second kappa shape index (κ2) is 15.8. The zero-order chi connectivity index (χ0) is 6.41. The van der Waals surface area contributed by atoms with Crippen LogP contribution < -0.4 is 331 Å². The van der Waals surface area contributed by atoms with Crippen molar-refractivity contribution in [2.75, 3.05) is 0 Å². The van der Waals surface area contributed by atoms with Crippen LogP contribution in [0.1, 0.15) is 0 Å². The summed E-state index contributed by atoms with van der Waals surface area (Å²) >= 11 is -9.62. The van der Waals surface area contributed by atoms with Crippen molar-refractivity contribution in [2.24, 2.45) is 0 Å². The molecule has 13 heavy (non-hydrogen) atoms. The van der Waals surface area contributed by atoms with Crippen LogP contribution in [0.3, 0.4) is 0 Å². The first-order valence-electron chi connectivity index (χ1n) is 0.775. The van der Waals surface area contributed by atoms with E-state index in [2.05, 4.69) is 0 Å². The molecular formula is K6O6Pt. The Labute approximate surface area is 333 Å². The maximum absolute atomic E-state index is 9.62. The Hall–Kier alpha value is 10.3. The third kappa shape index (κ3) is 86.8. The molecule has 0 aliphatic heterocycles. The van der Waals surface area contributed by atoms with Crippen molar-refractivity contribution in [1.29, 1.82) is 0 Å². The second-order valence-corrected chi connectivity index (χ2v) is 6.47. The molecule has 0 aliphatic rings. The number of hydrogen-bond donors (Lipinski definition) is 0. The minimum atomic E-state index is -9.62. The van der Waals surface area contributed by atoms with Crippen LogP contribution in [0.5, 0.6) is 0 Å². The fraction of sp³-hybridized carbons (Fsp3) is 0. The van der Waals surface area contributed by atoms with E-state index in [9.17, 15) is 0 Å². The fourth-order valence-corrected chi connectivity index (χ4v) is 0. The van der Waals surface area contributed by atoms with E-state index in [0.717, 1.165) is 0 Å². The van der Waals surface area contributed by atoms with Gasteiger partial charge in [0.15, 0.2) is 0 Å². The summed E-state index contributed by atoms with van der Waals surface area (Å²) in [4.78, 5) is 0. The first-order valence-corrected chi connectivity index (χ1v) is 6.34. The Kier molecular flexibility index (Phi) is 52.9. The van der Waals surface area contributed by atoms with Gasteiger partial charge in [0.05, 0.1) is 0 Å². The van der Waals surface area contributed by atoms with Gasteiger partial charge in [-0.3, -0.25) is 0 Å². The molecule has 0 aromatic carbocycles. The van der Waals surface area contributed by atoms with Gasteiger partial charge >= 0.3 is 347 Å². The first kappa shape index (κ1) is 43.6. The predicted octanol–water partition coefficient (Wildman–Crippen LogP) is -25.1. The summed E-state index contributed by atoms with van der Waals surface area (Å²) in [5.41, 5.74) is 0. The molecule has 0 heterocycles. The summed E-state index contributed by atoms with van der Waals surface area (Å²) in [5.74, 6) is 0. The Morgan fingerprint density at radius 3 is 0.385 bits per heavy atom. The van der Waals surface area contributed by atoms with E-state index < -0.39 is 15.8 Å². The minimum absolute atomic E-state index is 0. The average Bonchev–Trinajstić information content (AvgIpc) is 0.592. The van der Waals surface area contributed by atoms with E-state index in [4.69, 9.17) is 22.6 Å². The van der Waals surface area contributed by atoms with Crippen molar-refractivity contribution < 1.29 is 347 Å². The molecule has 0 radical (unpaired) electrons. The molecular weight excluding hydrogens is 526 g/mol. The summed E-state index contributed by atoms with van der Waals surface area (Å²) in [7, 11) is 0. The van der Waals surface area contributed by atoms with E-state index in [1.807, 2.05) is 0 Å². The SMILES string of the molecule is [K+].[K+].[K+].[K+].[K+].[K+].[O-][Pt]([O-])([O-])([O-])([O-])[O-]. The summed E-state index contributed by atoms with van der Waals surface area (Å²) in [5, 5.41) is 0. The average molecular weight is 526 g/mol. The van der Waals surface area contributed by atoms with E-state index >= 15 is 0 Å². The summed E-state index contributed by atoms with van der Waals surface area (Å²) in [6.45, 7) is 0. The summed E-state index contributed by atoms with van der Waals surface area (Å²) in [6, 6.07) is 0. The monoisotopic (exact) mass is 525 g/mol. The molecule has 0 saturated carbocycles. The van der Waals surface area contributed by atoms with Crippen LogP contribution in [-0.4, -0.2) is 0 Å². The molecule has 0 amide bonds. The molecule has 0 N–H and O–H groups in total. The molecule has 0 saturated heterocycles. The molecule has 0 atom stereocenters. The van der Waals surface area contributed by atoms with Gasteiger partial charge in [-0.2, -0.15) is 0 Å². The van der Waals surface area contributed by atoms with Crippen molar-refractivity contribution in [3.05, 3.63) is 0 Å². The Morgan fingerprint density at radius 1 is 0.385 bits per heavy atom. The van der Waals surface area contributed by atoms with Gasteiger partial charge in [0, 0.05) is 0 Å². The molecule has 0 aromatic heterocycles. The standard InChI is InChI=1S/6K.6O.Pt/q6*+1;6*-1;. The van der Waals surface area contributed by atoms with E-state index in [-0.39, 0.29) is 308 Å². The van der Waals surface area contributed by atoms with E-state index in [1.54, 1.807) is 0 Å². The van der Waals surface area contributed by atoms with Gasteiger partial charge in [-0.1, -0.05) is 0 Å². The number of rotatable bonds is 0. The predicted molar refractivity (Wildman–Crippen MR) is 0 cm³/mol. The number of hydrogen-bond acceptors (Lipinski definition) is 6. The molecule has 6 nitrogen and oxygen atoms in total. The van der Waals surface area contributed by atoms with Gasteiger partial charge in [0.2, 0.25) is 0 Å². The Bertz CT molecular complexity index is 75.7. The van der Waals surface area contributed by atoms with Crippen LogP contribution in [-0.2, 0) is 15.8 Å². The third-order valence-electron chi connectivity index (χ3n) is 0. The summed E-state index contributed by atoms with van der Waals surface area (Å²) < 4.78 is 52.0. The van der Waals surface area contributed by atoms with Crippen molar-refractivity contribution in [3.63, 3.8) is 0 Å². The molecule has 0 unspecified atom stereocenters. The van der Waals surface area contributed by atoms with Crippen molar-refractivity contribution in [1.82, 2.24) is 0 Å². The van der Waals surface area contributed by atoms with Gasteiger partial charge < -0.3 is 0 Å². The maximum atomic E-state index is 8.66. The normalized spacial score (nSPS) is 12.5. The van der Waals surface area contributed by atoms with Crippen LogP contribution in [0, 0.1) is 0 Å². The first-order chi connectivity index (χ1) is 2.45. The fourth-order valence-electron chi connectivity index (χ4n) is 0. The molecule has 0 spiro atoms. The zero-order valence-corrected chi connectivity index (χ0v) is 29.8. The molecule has 0 aromatic rings. The van der Waals surface area contributed by atoms with Gasteiger partial charge in [-0.15, -0.1) is 0 Å². The zero-order valence-electron chi connectivity index (χ0n) is 8.77. The van der Waals surface area contributed by atoms with Crippen molar-refractivity contribution in [2.45, 2.75) is 0 Å². The van der Waals surface area contributed by atoms with Crippen molar-refractivity contribution in [3.8, 4) is 0 Å². The second-order valence-electron chi connectivity index (χ2n) is 0.791. The molecule has 0 bridgehead atoms. The van der Waals surface area contributed by atoms with Gasteiger partial charge in [-0.05, 0) is 0 Å². The topological polar surface area (TPSA) is 138 Å². The molecule has 0 rings (SSSR count). The van der Waals surface area contributed by atoms with E-state index in [1.165, 1.54) is 0 Å². The molecule has 0 fully saturated rings. The Balaban J connectivity index is -0.0000000120. The molecule has 0 aliphatic carbocycles. The summed E-state index contributed by atoms with van der Waals surface area (Å²) in [6.07, 6.45) is 0. The van der Waals surface area contributed by atoms with Gasteiger partial charge in [0.25, 0.3) is 0 Å². The molecule has 13 heteroatoms. The van der Waals surface area contributed by atoms with Crippen LogP contribution in [0.2, 0.25) is 0 Å².